The molecule has 2 aromatic carbocycles. The second-order valence-electron chi connectivity index (χ2n) is 4.06. The van der Waals surface area contributed by atoms with E-state index in [-0.39, 0.29) is 10.5 Å². The first kappa shape index (κ1) is 16.0. The molecule has 0 saturated carbocycles. The average molecular weight is 388 g/mol. The average Bonchev–Trinajstić information content (AvgIpc) is 2.38. The monoisotopic (exact) mass is 387 g/mol. The fourth-order valence-corrected chi connectivity index (χ4v) is 3.59. The van der Waals surface area contributed by atoms with Gasteiger partial charge in [0, 0.05) is 14.3 Å². The Bertz CT molecular complexity index is 788. The first-order chi connectivity index (χ1) is 9.77. The molecule has 0 bridgehead atoms. The molecule has 0 unspecified atom stereocenters. The Kier molecular flexibility index (Phi) is 4.72. The maximum atomic E-state index is 11.2. The number of nitrogens with two attached hydrogens (primary N) is 1. The minimum Gasteiger partial charge on any atom is -0.478 e. The fourth-order valence-electron chi connectivity index (χ4n) is 1.58. The molecule has 21 heavy (non-hydrogen) atoms. The molecular formula is C13H10BrNO4S2. The van der Waals surface area contributed by atoms with Crippen LogP contribution in [0.5, 0.6) is 0 Å². The van der Waals surface area contributed by atoms with E-state index in [1.807, 2.05) is 0 Å². The van der Waals surface area contributed by atoms with Gasteiger partial charge in [-0.1, -0.05) is 27.7 Å². The lowest BCUT2D eigenvalue weighted by atomic mass is 10.2. The third-order valence-corrected chi connectivity index (χ3v) is 5.04. The van der Waals surface area contributed by atoms with E-state index in [4.69, 9.17) is 10.2 Å². The first-order valence-corrected chi connectivity index (χ1v) is 8.76. The van der Waals surface area contributed by atoms with Crippen molar-refractivity contribution in [3.8, 4) is 0 Å². The number of primary sulfonamides is 1. The minimum absolute atomic E-state index is 0.0135. The number of hydrogen-bond acceptors (Lipinski definition) is 4. The topological polar surface area (TPSA) is 97.5 Å². The van der Waals surface area contributed by atoms with Gasteiger partial charge in [-0.05, 0) is 42.5 Å². The van der Waals surface area contributed by atoms with Gasteiger partial charge in [0.2, 0.25) is 10.0 Å². The zero-order chi connectivity index (χ0) is 15.6. The van der Waals surface area contributed by atoms with Crippen LogP contribution in [0.2, 0.25) is 0 Å². The van der Waals surface area contributed by atoms with E-state index < -0.39 is 16.0 Å². The lowest BCUT2D eigenvalue weighted by molar-refractivity contribution is 0.0693. The van der Waals surface area contributed by atoms with Crippen molar-refractivity contribution in [2.24, 2.45) is 5.14 Å². The summed E-state index contributed by atoms with van der Waals surface area (Å²) in [6.45, 7) is 0. The van der Waals surface area contributed by atoms with Crippen LogP contribution >= 0.6 is 27.7 Å². The molecule has 0 amide bonds. The quantitative estimate of drug-likeness (QED) is 0.840. The predicted molar refractivity (Wildman–Crippen MR) is 83.0 cm³/mol. The molecule has 0 aliphatic carbocycles. The van der Waals surface area contributed by atoms with E-state index in [0.29, 0.717) is 9.79 Å². The Balaban J connectivity index is 2.34. The van der Waals surface area contributed by atoms with Gasteiger partial charge in [0.15, 0.2) is 0 Å². The summed E-state index contributed by atoms with van der Waals surface area (Å²) in [6, 6.07) is 10.8. The van der Waals surface area contributed by atoms with Gasteiger partial charge in [0.25, 0.3) is 0 Å². The van der Waals surface area contributed by atoms with Gasteiger partial charge in [0.1, 0.15) is 0 Å². The molecule has 0 heterocycles. The Hall–Kier alpha value is -1.35. The number of carbonyl (C=O) groups is 1. The second-order valence-corrected chi connectivity index (χ2v) is 7.66. The zero-order valence-corrected chi connectivity index (χ0v) is 13.7. The molecule has 3 N–H and O–H groups in total. The highest BCUT2D eigenvalue weighted by atomic mass is 79.9. The summed E-state index contributed by atoms with van der Waals surface area (Å²) in [5, 5.41) is 14.2. The highest BCUT2D eigenvalue weighted by Gasteiger charge is 2.12. The zero-order valence-electron chi connectivity index (χ0n) is 10.5. The Morgan fingerprint density at radius 1 is 1.14 bits per heavy atom. The molecule has 2 rings (SSSR count). The molecule has 2 aromatic rings. The maximum Gasteiger partial charge on any atom is 0.336 e. The largest absolute Gasteiger partial charge is 0.478 e. The Morgan fingerprint density at radius 2 is 1.76 bits per heavy atom. The van der Waals surface area contributed by atoms with Gasteiger partial charge in [-0.15, -0.1) is 0 Å². The van der Waals surface area contributed by atoms with Crippen molar-refractivity contribution in [1.29, 1.82) is 0 Å². The smallest absolute Gasteiger partial charge is 0.336 e. The van der Waals surface area contributed by atoms with Crippen LogP contribution < -0.4 is 5.14 Å². The van der Waals surface area contributed by atoms with E-state index in [0.717, 1.165) is 4.47 Å². The summed E-state index contributed by atoms with van der Waals surface area (Å²) in [5.74, 6) is -1.02. The normalized spacial score (nSPS) is 11.3. The maximum absolute atomic E-state index is 11.2. The van der Waals surface area contributed by atoms with Crippen molar-refractivity contribution in [3.63, 3.8) is 0 Å². The molecule has 0 fully saturated rings. The van der Waals surface area contributed by atoms with E-state index in [9.17, 15) is 13.2 Å². The molecule has 0 aromatic heterocycles. The van der Waals surface area contributed by atoms with Crippen LogP contribution in [0, 0.1) is 0 Å². The SMILES string of the molecule is NS(=O)(=O)c1ccc(Sc2cc(Br)ccc2C(=O)O)cc1. The number of benzene rings is 2. The number of carboxylic acid groups (broad SMARTS) is 1. The summed E-state index contributed by atoms with van der Waals surface area (Å²) in [7, 11) is -3.73. The summed E-state index contributed by atoms with van der Waals surface area (Å²) in [4.78, 5) is 12.5. The van der Waals surface area contributed by atoms with Gasteiger partial charge in [-0.2, -0.15) is 0 Å². The lowest BCUT2D eigenvalue weighted by Crippen LogP contribution is -2.11. The third kappa shape index (κ3) is 4.07. The molecule has 0 aliphatic heterocycles. The number of sulfonamides is 1. The van der Waals surface area contributed by atoms with Crippen molar-refractivity contribution < 1.29 is 18.3 Å². The summed E-state index contributed by atoms with van der Waals surface area (Å²) in [6.07, 6.45) is 0. The first-order valence-electron chi connectivity index (χ1n) is 5.61. The highest BCUT2D eigenvalue weighted by Crippen LogP contribution is 2.33. The van der Waals surface area contributed by atoms with Crippen molar-refractivity contribution in [2.45, 2.75) is 14.7 Å². The van der Waals surface area contributed by atoms with Crippen molar-refractivity contribution >= 4 is 43.7 Å². The summed E-state index contributed by atoms with van der Waals surface area (Å²) in [5.41, 5.74) is 0.179. The predicted octanol–water partition coefficient (Wildman–Crippen LogP) is 2.95. The minimum atomic E-state index is -3.73. The number of hydrogen-bond donors (Lipinski definition) is 2. The Labute approximate surface area is 134 Å². The van der Waals surface area contributed by atoms with Gasteiger partial charge in [-0.3, -0.25) is 0 Å². The standard InChI is InChI=1S/C13H10BrNO4S2/c14-8-1-6-11(13(16)17)12(7-8)20-9-2-4-10(5-3-9)21(15,18)19/h1-7H,(H,16,17)(H2,15,18,19). The molecule has 110 valence electrons. The van der Waals surface area contributed by atoms with E-state index in [1.165, 1.54) is 30.0 Å². The fraction of sp³-hybridized carbons (Fsp3) is 0. The number of carboxylic acids is 1. The third-order valence-electron chi connectivity index (χ3n) is 2.55. The van der Waals surface area contributed by atoms with Crippen LogP contribution in [0.15, 0.2) is 61.6 Å². The van der Waals surface area contributed by atoms with Gasteiger partial charge in [-0.25, -0.2) is 18.4 Å². The molecule has 0 aliphatic rings. The van der Waals surface area contributed by atoms with Crippen molar-refractivity contribution in [3.05, 3.63) is 52.5 Å². The molecule has 0 saturated heterocycles. The summed E-state index contributed by atoms with van der Waals surface area (Å²) >= 11 is 4.52. The number of rotatable bonds is 4. The van der Waals surface area contributed by atoms with Crippen LogP contribution in [0.3, 0.4) is 0 Å². The van der Waals surface area contributed by atoms with E-state index in [1.54, 1.807) is 24.3 Å². The van der Waals surface area contributed by atoms with Crippen LogP contribution in [0.4, 0.5) is 0 Å². The van der Waals surface area contributed by atoms with Crippen LogP contribution in [-0.4, -0.2) is 19.5 Å². The van der Waals surface area contributed by atoms with Gasteiger partial charge in [0.05, 0.1) is 10.5 Å². The van der Waals surface area contributed by atoms with E-state index in [2.05, 4.69) is 15.9 Å². The van der Waals surface area contributed by atoms with Gasteiger partial charge >= 0.3 is 5.97 Å². The molecule has 5 nitrogen and oxygen atoms in total. The molecular weight excluding hydrogens is 378 g/mol. The number of aromatic carboxylic acids is 1. The van der Waals surface area contributed by atoms with Crippen molar-refractivity contribution in [2.75, 3.05) is 0 Å². The summed E-state index contributed by atoms with van der Waals surface area (Å²) < 4.78 is 23.1. The van der Waals surface area contributed by atoms with Crippen LogP contribution in [-0.2, 0) is 10.0 Å². The number of halogens is 1. The molecule has 0 radical (unpaired) electrons. The lowest BCUT2D eigenvalue weighted by Gasteiger charge is -2.07. The van der Waals surface area contributed by atoms with E-state index >= 15 is 0 Å². The Morgan fingerprint density at radius 3 is 2.29 bits per heavy atom. The molecule has 0 atom stereocenters. The van der Waals surface area contributed by atoms with Crippen LogP contribution in [0.25, 0.3) is 0 Å². The highest BCUT2D eigenvalue weighted by molar-refractivity contribution is 9.10. The van der Waals surface area contributed by atoms with Crippen LogP contribution in [0.1, 0.15) is 10.4 Å². The van der Waals surface area contributed by atoms with Crippen molar-refractivity contribution in [1.82, 2.24) is 0 Å². The van der Waals surface area contributed by atoms with Gasteiger partial charge < -0.3 is 5.11 Å². The molecule has 0 spiro atoms. The molecule has 8 heteroatoms. The second kappa shape index (κ2) is 6.18.